The minimum Gasteiger partial charge on any atom is -0.459 e. The molecule has 2 unspecified atom stereocenters. The van der Waals surface area contributed by atoms with E-state index in [0.717, 1.165) is 12.5 Å². The largest absolute Gasteiger partial charge is 0.508 e. The van der Waals surface area contributed by atoms with E-state index in [1.807, 2.05) is 0 Å². The Labute approximate surface area is 102 Å². The number of rotatable bonds is 5. The Balaban J connectivity index is 2.49. The van der Waals surface area contributed by atoms with Crippen LogP contribution in [-0.4, -0.2) is 44.8 Å². The summed E-state index contributed by atoms with van der Waals surface area (Å²) in [5, 5.41) is 0. The van der Waals surface area contributed by atoms with Crippen molar-refractivity contribution in [1.29, 1.82) is 0 Å². The molecule has 0 aliphatic carbocycles. The first-order valence-corrected chi connectivity index (χ1v) is 13.0. The summed E-state index contributed by atoms with van der Waals surface area (Å²) in [4.78, 5) is 10.8. The molecule has 0 amide bonds. The predicted octanol–water partition coefficient (Wildman–Crippen LogP) is 2.00. The molecule has 1 aliphatic rings. The van der Waals surface area contributed by atoms with Crippen LogP contribution in [0.25, 0.3) is 0 Å². The number of cyclic esters (lactones) is 2. The minimum atomic E-state index is -1.71. The third-order valence-corrected chi connectivity index (χ3v) is 20.8. The number of carbonyl (C=O) groups excluding carboxylic acids is 1. The average molecular weight is 276 g/mol. The lowest BCUT2D eigenvalue weighted by Crippen LogP contribution is -2.57. The van der Waals surface area contributed by atoms with Gasteiger partial charge in [-0.25, -0.2) is 4.79 Å². The van der Waals surface area contributed by atoms with Gasteiger partial charge in [-0.1, -0.05) is 19.6 Å². The first kappa shape index (κ1) is 13.9. The van der Waals surface area contributed by atoms with Gasteiger partial charge in [-0.3, -0.25) is 0 Å². The fourth-order valence-electron chi connectivity index (χ4n) is 1.52. The van der Waals surface area contributed by atoms with Crippen molar-refractivity contribution >= 4 is 32.1 Å². The van der Waals surface area contributed by atoms with Crippen molar-refractivity contribution in [2.24, 2.45) is 0 Å². The number of hydrogen-bond acceptors (Lipinski definition) is 4. The summed E-state index contributed by atoms with van der Waals surface area (Å²) in [6.45, 7) is 9.57. The van der Waals surface area contributed by atoms with Crippen LogP contribution in [0.3, 0.4) is 0 Å². The highest BCUT2D eigenvalue weighted by Gasteiger charge is 2.42. The van der Waals surface area contributed by atoms with E-state index in [2.05, 4.69) is 36.7 Å². The maximum atomic E-state index is 10.8. The molecule has 1 aliphatic heterocycles. The standard InChI is InChI=1S/C9H19O4Si3/c1-15(2,3)16(4,13-14)6-5-8-7-11-9(10)12-8/h8H,5-7H2,1-4H3. The maximum absolute atomic E-state index is 10.8. The summed E-state index contributed by atoms with van der Waals surface area (Å²) in [5.41, 5.74) is 0. The molecule has 0 bridgehead atoms. The Bertz CT molecular complexity index is 266. The summed E-state index contributed by atoms with van der Waals surface area (Å²) < 4.78 is 15.4. The van der Waals surface area contributed by atoms with E-state index in [1.165, 1.54) is 0 Å². The van der Waals surface area contributed by atoms with Crippen LogP contribution in [0.2, 0.25) is 32.2 Å². The van der Waals surface area contributed by atoms with Gasteiger partial charge in [-0.05, 0) is 19.0 Å². The van der Waals surface area contributed by atoms with Gasteiger partial charge in [0.1, 0.15) is 12.7 Å². The Hall–Kier alpha value is -0.119. The first-order valence-electron chi connectivity index (χ1n) is 5.47. The molecule has 0 aromatic heterocycles. The fraction of sp³-hybridized carbons (Fsp3) is 0.889. The second-order valence-electron chi connectivity index (χ2n) is 5.42. The second-order valence-corrected chi connectivity index (χ2v) is 21.4. The quantitative estimate of drug-likeness (QED) is 0.569. The van der Waals surface area contributed by atoms with Crippen molar-refractivity contribution in [1.82, 2.24) is 0 Å². The Morgan fingerprint density at radius 3 is 2.44 bits per heavy atom. The van der Waals surface area contributed by atoms with Crippen molar-refractivity contribution < 1.29 is 18.4 Å². The van der Waals surface area contributed by atoms with E-state index in [9.17, 15) is 4.79 Å². The smallest absolute Gasteiger partial charge is 0.459 e. The van der Waals surface area contributed by atoms with Crippen LogP contribution in [0.1, 0.15) is 6.42 Å². The molecule has 0 aromatic rings. The lowest BCUT2D eigenvalue weighted by molar-refractivity contribution is 0.117. The van der Waals surface area contributed by atoms with Gasteiger partial charge in [0.25, 0.3) is 0 Å². The lowest BCUT2D eigenvalue weighted by atomic mass is 10.3. The van der Waals surface area contributed by atoms with Crippen molar-refractivity contribution in [2.45, 2.75) is 44.8 Å². The van der Waals surface area contributed by atoms with E-state index in [1.54, 1.807) is 0 Å². The number of carbonyl (C=O) groups is 1. The molecule has 0 N–H and O–H groups in total. The molecule has 1 rings (SSSR count). The van der Waals surface area contributed by atoms with Crippen molar-refractivity contribution in [2.75, 3.05) is 6.61 Å². The monoisotopic (exact) mass is 275 g/mol. The predicted molar refractivity (Wildman–Crippen MR) is 67.4 cm³/mol. The Kier molecular flexibility index (Phi) is 4.38. The topological polar surface area (TPSA) is 44.8 Å². The summed E-state index contributed by atoms with van der Waals surface area (Å²) in [7, 11) is 0.215. The summed E-state index contributed by atoms with van der Waals surface area (Å²) in [6.07, 6.45) is 0.210. The molecule has 1 fully saturated rings. The molecular weight excluding hydrogens is 256 g/mol. The Morgan fingerprint density at radius 2 is 2.06 bits per heavy atom. The van der Waals surface area contributed by atoms with Gasteiger partial charge in [0.05, 0.1) is 7.59 Å². The molecule has 0 saturated carbocycles. The van der Waals surface area contributed by atoms with Gasteiger partial charge in [0.2, 0.25) is 10.5 Å². The van der Waals surface area contributed by atoms with Crippen LogP contribution in [0, 0.1) is 0 Å². The molecule has 7 heteroatoms. The molecule has 1 heterocycles. The van der Waals surface area contributed by atoms with E-state index >= 15 is 0 Å². The number of ether oxygens (including phenoxy) is 2. The molecule has 91 valence electrons. The molecular formula is C9H19O4Si3. The summed E-state index contributed by atoms with van der Waals surface area (Å²) in [6, 6.07) is 0.994. The zero-order valence-corrected chi connectivity index (χ0v) is 13.3. The summed E-state index contributed by atoms with van der Waals surface area (Å²) >= 11 is 0. The van der Waals surface area contributed by atoms with Crippen LogP contribution in [0.15, 0.2) is 0 Å². The zero-order valence-electron chi connectivity index (χ0n) is 10.3. The van der Waals surface area contributed by atoms with Gasteiger partial charge in [-0.2, -0.15) is 0 Å². The van der Waals surface area contributed by atoms with E-state index < -0.39 is 21.6 Å². The molecule has 16 heavy (non-hydrogen) atoms. The van der Waals surface area contributed by atoms with Crippen LogP contribution in [0.4, 0.5) is 4.79 Å². The summed E-state index contributed by atoms with van der Waals surface area (Å²) in [5.74, 6) is 0. The second kappa shape index (κ2) is 5.03. The fourth-order valence-corrected chi connectivity index (χ4v) is 10.2. The third-order valence-electron chi connectivity index (χ3n) is 3.41. The zero-order chi connectivity index (χ0) is 12.4. The van der Waals surface area contributed by atoms with Crippen molar-refractivity contribution in [3.05, 3.63) is 0 Å². The average Bonchev–Trinajstić information content (AvgIpc) is 2.59. The van der Waals surface area contributed by atoms with Gasteiger partial charge in [0, 0.05) is 0 Å². The molecule has 2 atom stereocenters. The lowest BCUT2D eigenvalue weighted by Gasteiger charge is -2.37. The molecule has 1 saturated heterocycles. The Morgan fingerprint density at radius 1 is 1.44 bits per heavy atom. The van der Waals surface area contributed by atoms with Crippen LogP contribution >= 0.6 is 0 Å². The van der Waals surface area contributed by atoms with E-state index in [0.29, 0.717) is 6.61 Å². The van der Waals surface area contributed by atoms with Gasteiger partial charge >= 0.3 is 6.16 Å². The van der Waals surface area contributed by atoms with Crippen LogP contribution in [0.5, 0.6) is 0 Å². The third kappa shape index (κ3) is 3.19. The van der Waals surface area contributed by atoms with Gasteiger partial charge in [0.15, 0.2) is 7.83 Å². The van der Waals surface area contributed by atoms with E-state index in [4.69, 9.17) is 13.6 Å². The highest BCUT2D eigenvalue weighted by Crippen LogP contribution is 2.27. The minimum absolute atomic E-state index is 0.0857. The molecule has 0 aromatic carbocycles. The maximum Gasteiger partial charge on any atom is 0.508 e. The number of hydrogen-bond donors (Lipinski definition) is 0. The molecule has 4 nitrogen and oxygen atoms in total. The van der Waals surface area contributed by atoms with E-state index in [-0.39, 0.29) is 6.10 Å². The highest BCUT2D eigenvalue weighted by molar-refractivity contribution is 7.38. The van der Waals surface area contributed by atoms with Crippen molar-refractivity contribution in [3.8, 4) is 0 Å². The van der Waals surface area contributed by atoms with Crippen LogP contribution in [-0.2, 0) is 13.6 Å². The molecule has 0 spiro atoms. The normalized spacial score (nSPS) is 24.8. The van der Waals surface area contributed by atoms with Gasteiger partial charge < -0.3 is 13.6 Å². The first-order chi connectivity index (χ1) is 7.28. The highest BCUT2D eigenvalue weighted by atomic mass is 29.3. The van der Waals surface area contributed by atoms with Crippen molar-refractivity contribution in [3.63, 3.8) is 0 Å². The SMILES string of the molecule is C[Si](C)(C)[Si](C)(CCC1COC(=O)O1)O[Si]. The molecule has 3 radical (unpaired) electrons. The van der Waals surface area contributed by atoms with Gasteiger partial charge in [-0.15, -0.1) is 0 Å². The van der Waals surface area contributed by atoms with Crippen LogP contribution < -0.4 is 0 Å².